The van der Waals surface area contributed by atoms with Gasteiger partial charge in [-0.15, -0.1) is 0 Å². The molecule has 0 aromatic heterocycles. The highest BCUT2D eigenvalue weighted by Gasteiger charge is 2.30. The van der Waals surface area contributed by atoms with Gasteiger partial charge < -0.3 is 15.8 Å². The molecule has 0 radical (unpaired) electrons. The smallest absolute Gasteiger partial charge is 0.235 e. The van der Waals surface area contributed by atoms with Crippen LogP contribution in [-0.2, 0) is 4.79 Å². The molecule has 2 aromatic rings. The van der Waals surface area contributed by atoms with Crippen molar-refractivity contribution in [3.8, 4) is 5.75 Å². The van der Waals surface area contributed by atoms with Crippen molar-refractivity contribution < 1.29 is 9.53 Å². The van der Waals surface area contributed by atoms with Crippen molar-refractivity contribution in [1.82, 2.24) is 0 Å². The SMILES string of the molecule is Cc1cc(N)ccc1NC(=O)C1COc2ccccc21. The molecule has 1 unspecified atom stereocenters. The maximum Gasteiger partial charge on any atom is 0.235 e. The zero-order valence-corrected chi connectivity index (χ0v) is 11.2. The fourth-order valence-corrected chi connectivity index (χ4v) is 2.43. The number of amides is 1. The molecule has 0 fully saturated rings. The molecule has 3 rings (SSSR count). The summed E-state index contributed by atoms with van der Waals surface area (Å²) < 4.78 is 5.54. The number of rotatable bonds is 2. The quantitative estimate of drug-likeness (QED) is 0.823. The Morgan fingerprint density at radius 3 is 2.90 bits per heavy atom. The Balaban J connectivity index is 1.81. The first kappa shape index (κ1) is 12.5. The Labute approximate surface area is 117 Å². The van der Waals surface area contributed by atoms with Gasteiger partial charge in [0.25, 0.3) is 0 Å². The predicted molar refractivity (Wildman–Crippen MR) is 78.9 cm³/mol. The molecule has 20 heavy (non-hydrogen) atoms. The number of hydrogen-bond acceptors (Lipinski definition) is 3. The molecule has 0 spiro atoms. The van der Waals surface area contributed by atoms with Gasteiger partial charge in [0.15, 0.2) is 0 Å². The van der Waals surface area contributed by atoms with Gasteiger partial charge in [-0.2, -0.15) is 0 Å². The van der Waals surface area contributed by atoms with Crippen molar-refractivity contribution in [3.63, 3.8) is 0 Å². The molecule has 0 saturated heterocycles. The number of nitrogens with two attached hydrogens (primary N) is 1. The summed E-state index contributed by atoms with van der Waals surface area (Å²) in [4.78, 5) is 12.4. The molecule has 1 heterocycles. The number of anilines is 2. The Morgan fingerprint density at radius 2 is 2.10 bits per heavy atom. The highest BCUT2D eigenvalue weighted by molar-refractivity contribution is 5.97. The van der Waals surface area contributed by atoms with E-state index in [1.54, 1.807) is 6.07 Å². The number of ether oxygens (including phenoxy) is 1. The van der Waals surface area contributed by atoms with Crippen molar-refractivity contribution in [2.75, 3.05) is 17.7 Å². The summed E-state index contributed by atoms with van der Waals surface area (Å²) in [6.07, 6.45) is 0. The second-order valence-electron chi connectivity index (χ2n) is 4.97. The number of nitrogen functional groups attached to an aromatic ring is 1. The van der Waals surface area contributed by atoms with Gasteiger partial charge in [-0.3, -0.25) is 4.79 Å². The Kier molecular flexibility index (Phi) is 3.06. The van der Waals surface area contributed by atoms with E-state index in [2.05, 4.69) is 5.32 Å². The summed E-state index contributed by atoms with van der Waals surface area (Å²) in [6, 6.07) is 13.1. The fourth-order valence-electron chi connectivity index (χ4n) is 2.43. The molecule has 3 N–H and O–H groups in total. The number of nitrogens with one attached hydrogen (secondary N) is 1. The van der Waals surface area contributed by atoms with Gasteiger partial charge in [-0.25, -0.2) is 0 Å². The van der Waals surface area contributed by atoms with E-state index in [0.717, 1.165) is 22.6 Å². The number of fused-ring (bicyclic) bond motifs is 1. The molecule has 2 aromatic carbocycles. The average molecular weight is 268 g/mol. The Hall–Kier alpha value is -2.49. The van der Waals surface area contributed by atoms with Gasteiger partial charge in [0.2, 0.25) is 5.91 Å². The fraction of sp³-hybridized carbons (Fsp3) is 0.188. The van der Waals surface area contributed by atoms with Crippen molar-refractivity contribution in [2.45, 2.75) is 12.8 Å². The minimum atomic E-state index is -0.261. The molecule has 0 aliphatic carbocycles. The van der Waals surface area contributed by atoms with Crippen LogP contribution in [0.15, 0.2) is 42.5 Å². The summed E-state index contributed by atoms with van der Waals surface area (Å²) in [6.45, 7) is 2.31. The second kappa shape index (κ2) is 4.89. The summed E-state index contributed by atoms with van der Waals surface area (Å²) >= 11 is 0. The standard InChI is InChI=1S/C16H16N2O2/c1-10-8-11(17)6-7-14(10)18-16(19)13-9-20-15-5-3-2-4-12(13)15/h2-8,13H,9,17H2,1H3,(H,18,19). The first-order valence-corrected chi connectivity index (χ1v) is 6.54. The number of benzene rings is 2. The van der Waals surface area contributed by atoms with Gasteiger partial charge in [0.05, 0.1) is 0 Å². The molecular formula is C16H16N2O2. The van der Waals surface area contributed by atoms with Crippen molar-refractivity contribution in [2.24, 2.45) is 0 Å². The zero-order valence-electron chi connectivity index (χ0n) is 11.2. The molecule has 4 heteroatoms. The van der Waals surface area contributed by atoms with E-state index in [0.29, 0.717) is 12.3 Å². The van der Waals surface area contributed by atoms with Gasteiger partial charge in [0, 0.05) is 16.9 Å². The summed E-state index contributed by atoms with van der Waals surface area (Å²) in [5, 5.41) is 2.95. The highest BCUT2D eigenvalue weighted by atomic mass is 16.5. The van der Waals surface area contributed by atoms with Crippen LogP contribution in [0.5, 0.6) is 5.75 Å². The van der Waals surface area contributed by atoms with E-state index in [4.69, 9.17) is 10.5 Å². The van der Waals surface area contributed by atoms with Crippen molar-refractivity contribution in [1.29, 1.82) is 0 Å². The summed E-state index contributed by atoms with van der Waals surface area (Å²) in [5.41, 5.74) is 9.08. The molecule has 102 valence electrons. The van der Waals surface area contributed by atoms with Crippen LogP contribution in [-0.4, -0.2) is 12.5 Å². The lowest BCUT2D eigenvalue weighted by atomic mass is 10.0. The van der Waals surface area contributed by atoms with Crippen LogP contribution in [0.25, 0.3) is 0 Å². The van der Waals surface area contributed by atoms with E-state index < -0.39 is 0 Å². The van der Waals surface area contributed by atoms with E-state index in [1.807, 2.05) is 43.3 Å². The highest BCUT2D eigenvalue weighted by Crippen LogP contribution is 2.34. The lowest BCUT2D eigenvalue weighted by Gasteiger charge is -2.12. The first-order chi connectivity index (χ1) is 9.65. The number of carbonyl (C=O) groups is 1. The van der Waals surface area contributed by atoms with Crippen LogP contribution in [0.4, 0.5) is 11.4 Å². The van der Waals surface area contributed by atoms with Crippen molar-refractivity contribution >= 4 is 17.3 Å². The Morgan fingerprint density at radius 1 is 1.30 bits per heavy atom. The number of aryl methyl sites for hydroxylation is 1. The first-order valence-electron chi connectivity index (χ1n) is 6.54. The van der Waals surface area contributed by atoms with Gasteiger partial charge in [0.1, 0.15) is 18.3 Å². The largest absolute Gasteiger partial charge is 0.492 e. The lowest BCUT2D eigenvalue weighted by Crippen LogP contribution is -2.22. The monoisotopic (exact) mass is 268 g/mol. The summed E-state index contributed by atoms with van der Waals surface area (Å²) in [7, 11) is 0. The van der Waals surface area contributed by atoms with E-state index >= 15 is 0 Å². The van der Waals surface area contributed by atoms with Crippen LogP contribution >= 0.6 is 0 Å². The minimum Gasteiger partial charge on any atom is -0.492 e. The van der Waals surface area contributed by atoms with Gasteiger partial charge in [-0.05, 0) is 36.8 Å². The topological polar surface area (TPSA) is 64.3 Å². The van der Waals surface area contributed by atoms with E-state index in [1.165, 1.54) is 0 Å². The zero-order chi connectivity index (χ0) is 14.1. The minimum absolute atomic E-state index is 0.0529. The predicted octanol–water partition coefficient (Wildman–Crippen LogP) is 2.69. The normalized spacial score (nSPS) is 16.4. The van der Waals surface area contributed by atoms with Crippen LogP contribution in [0.1, 0.15) is 17.0 Å². The third kappa shape index (κ3) is 2.20. The molecule has 0 bridgehead atoms. The molecule has 1 amide bonds. The van der Waals surface area contributed by atoms with Gasteiger partial charge in [-0.1, -0.05) is 18.2 Å². The maximum atomic E-state index is 12.4. The maximum absolute atomic E-state index is 12.4. The van der Waals surface area contributed by atoms with Crippen LogP contribution < -0.4 is 15.8 Å². The van der Waals surface area contributed by atoms with Crippen LogP contribution in [0, 0.1) is 6.92 Å². The molecule has 1 aliphatic heterocycles. The van der Waals surface area contributed by atoms with Crippen LogP contribution in [0.2, 0.25) is 0 Å². The van der Waals surface area contributed by atoms with E-state index in [9.17, 15) is 4.79 Å². The van der Waals surface area contributed by atoms with Crippen LogP contribution in [0.3, 0.4) is 0 Å². The third-order valence-corrected chi connectivity index (χ3v) is 3.52. The van der Waals surface area contributed by atoms with E-state index in [-0.39, 0.29) is 11.8 Å². The third-order valence-electron chi connectivity index (χ3n) is 3.52. The Bertz CT molecular complexity index is 667. The van der Waals surface area contributed by atoms with Crippen molar-refractivity contribution in [3.05, 3.63) is 53.6 Å². The second-order valence-corrected chi connectivity index (χ2v) is 4.97. The molecule has 1 aliphatic rings. The molecule has 0 saturated carbocycles. The number of carbonyl (C=O) groups excluding carboxylic acids is 1. The average Bonchev–Trinajstić information content (AvgIpc) is 2.86. The number of para-hydroxylation sites is 1. The number of hydrogen-bond donors (Lipinski definition) is 2. The summed E-state index contributed by atoms with van der Waals surface area (Å²) in [5.74, 6) is 0.479. The molecular weight excluding hydrogens is 252 g/mol. The lowest BCUT2D eigenvalue weighted by molar-refractivity contribution is -0.117. The molecule has 4 nitrogen and oxygen atoms in total. The molecule has 1 atom stereocenters. The van der Waals surface area contributed by atoms with Gasteiger partial charge >= 0.3 is 0 Å².